The molecule has 4 aromatic rings. The van der Waals surface area contributed by atoms with Gasteiger partial charge in [-0.15, -0.1) is 0 Å². The van der Waals surface area contributed by atoms with Crippen molar-refractivity contribution >= 4 is 27.5 Å². The van der Waals surface area contributed by atoms with Gasteiger partial charge < -0.3 is 19.7 Å². The first-order valence-corrected chi connectivity index (χ1v) is 17.4. The highest BCUT2D eigenvalue weighted by Gasteiger charge is 2.35. The molecule has 4 rings (SSSR count). The minimum Gasteiger partial charge on any atom is -0.493 e. The number of carbonyl (C=O) groups is 2. The summed E-state index contributed by atoms with van der Waals surface area (Å²) in [6.45, 7) is 7.23. The van der Waals surface area contributed by atoms with E-state index in [4.69, 9.17) is 9.47 Å². The van der Waals surface area contributed by atoms with Crippen LogP contribution in [0.5, 0.6) is 11.5 Å². The monoisotopic (exact) mass is 671 g/mol. The van der Waals surface area contributed by atoms with Gasteiger partial charge in [-0.2, -0.15) is 0 Å². The van der Waals surface area contributed by atoms with Crippen molar-refractivity contribution in [1.29, 1.82) is 0 Å². The molecule has 0 aliphatic carbocycles. The Balaban J connectivity index is 1.86. The molecule has 0 saturated carbocycles. The zero-order valence-corrected chi connectivity index (χ0v) is 29.3. The van der Waals surface area contributed by atoms with E-state index in [1.54, 1.807) is 24.3 Å². The molecule has 0 saturated heterocycles. The number of nitrogens with zero attached hydrogens (tertiary/aromatic N) is 2. The molecule has 254 valence electrons. The third kappa shape index (κ3) is 8.74. The molecule has 2 atom stereocenters. The Bertz CT molecular complexity index is 1800. The van der Waals surface area contributed by atoms with E-state index in [1.807, 2.05) is 82.3 Å². The van der Waals surface area contributed by atoms with E-state index in [9.17, 15) is 18.0 Å². The van der Waals surface area contributed by atoms with Crippen molar-refractivity contribution in [2.24, 2.45) is 0 Å². The normalized spacial score (nSPS) is 12.5. The predicted octanol–water partition coefficient (Wildman–Crippen LogP) is 6.07. The zero-order chi connectivity index (χ0) is 34.8. The van der Waals surface area contributed by atoms with E-state index in [-0.39, 0.29) is 35.5 Å². The van der Waals surface area contributed by atoms with Crippen LogP contribution in [0.3, 0.4) is 0 Å². The lowest BCUT2D eigenvalue weighted by Crippen LogP contribution is -2.54. The van der Waals surface area contributed by atoms with Crippen LogP contribution in [0.1, 0.15) is 42.5 Å². The molecule has 0 heterocycles. The fourth-order valence-electron chi connectivity index (χ4n) is 5.31. The molecule has 0 unspecified atom stereocenters. The fraction of sp³-hybridized carbons (Fsp3) is 0.316. The second kappa shape index (κ2) is 16.3. The molecule has 0 aliphatic heterocycles. The van der Waals surface area contributed by atoms with Crippen molar-refractivity contribution in [3.8, 4) is 11.5 Å². The van der Waals surface area contributed by atoms with E-state index in [1.165, 1.54) is 37.3 Å². The number of anilines is 1. The van der Waals surface area contributed by atoms with Gasteiger partial charge in [-0.1, -0.05) is 79.2 Å². The first kappa shape index (κ1) is 36.0. The average molecular weight is 672 g/mol. The SMILES string of the molecule is CC[C@H](C)NC(=O)[C@H](Cc1ccccc1)N(Cc1ccccc1C)C(=O)CN(c1ccc(OC)c(OC)c1)S(=O)(=O)c1ccc(C)cc1. The third-order valence-corrected chi connectivity index (χ3v) is 10.2. The molecule has 0 fully saturated rings. The highest BCUT2D eigenvalue weighted by atomic mass is 32.2. The lowest BCUT2D eigenvalue weighted by molar-refractivity contribution is -0.140. The van der Waals surface area contributed by atoms with Crippen LogP contribution >= 0.6 is 0 Å². The number of ether oxygens (including phenoxy) is 2. The quantitative estimate of drug-likeness (QED) is 0.165. The van der Waals surface area contributed by atoms with Crippen LogP contribution in [0.25, 0.3) is 0 Å². The summed E-state index contributed by atoms with van der Waals surface area (Å²) in [5.74, 6) is -0.137. The van der Waals surface area contributed by atoms with Crippen molar-refractivity contribution in [2.45, 2.75) is 64.1 Å². The number of hydrogen-bond donors (Lipinski definition) is 1. The predicted molar refractivity (Wildman–Crippen MR) is 189 cm³/mol. The maximum absolute atomic E-state index is 14.7. The summed E-state index contributed by atoms with van der Waals surface area (Å²) in [5.41, 5.74) is 3.76. The maximum atomic E-state index is 14.7. The average Bonchev–Trinajstić information content (AvgIpc) is 3.09. The van der Waals surface area contributed by atoms with Gasteiger partial charge in [-0.25, -0.2) is 8.42 Å². The number of sulfonamides is 1. The van der Waals surface area contributed by atoms with Crippen LogP contribution in [0, 0.1) is 13.8 Å². The van der Waals surface area contributed by atoms with Crippen molar-refractivity contribution in [3.63, 3.8) is 0 Å². The lowest BCUT2D eigenvalue weighted by atomic mass is 10.0. The van der Waals surface area contributed by atoms with Crippen molar-refractivity contribution in [1.82, 2.24) is 10.2 Å². The minimum atomic E-state index is -4.26. The van der Waals surface area contributed by atoms with Crippen LogP contribution in [-0.2, 0) is 32.6 Å². The molecule has 4 aromatic carbocycles. The molecule has 0 aromatic heterocycles. The molecule has 48 heavy (non-hydrogen) atoms. The summed E-state index contributed by atoms with van der Waals surface area (Å²) >= 11 is 0. The molecule has 10 heteroatoms. The second-order valence-corrected chi connectivity index (χ2v) is 13.7. The Morgan fingerprint density at radius 3 is 2.10 bits per heavy atom. The van der Waals surface area contributed by atoms with Crippen LogP contribution < -0.4 is 19.1 Å². The van der Waals surface area contributed by atoms with Gasteiger partial charge >= 0.3 is 0 Å². The van der Waals surface area contributed by atoms with E-state index in [2.05, 4.69) is 5.32 Å². The number of aryl methyl sites for hydroxylation is 2. The molecule has 9 nitrogen and oxygen atoms in total. The van der Waals surface area contributed by atoms with Crippen LogP contribution in [-0.4, -0.2) is 58.0 Å². The highest BCUT2D eigenvalue weighted by Crippen LogP contribution is 2.34. The van der Waals surface area contributed by atoms with Gasteiger partial charge in [0.25, 0.3) is 10.0 Å². The fourth-order valence-corrected chi connectivity index (χ4v) is 6.72. The van der Waals surface area contributed by atoms with Gasteiger partial charge in [0.2, 0.25) is 11.8 Å². The van der Waals surface area contributed by atoms with E-state index >= 15 is 0 Å². The molecule has 0 bridgehead atoms. The van der Waals surface area contributed by atoms with E-state index in [0.29, 0.717) is 17.9 Å². The Hall–Kier alpha value is -4.83. The Kier molecular flexibility index (Phi) is 12.2. The summed E-state index contributed by atoms with van der Waals surface area (Å²) in [7, 11) is -1.32. The van der Waals surface area contributed by atoms with Crippen molar-refractivity contribution in [3.05, 3.63) is 119 Å². The molecular formula is C38H45N3O6S. The Morgan fingerprint density at radius 2 is 1.48 bits per heavy atom. The van der Waals surface area contributed by atoms with E-state index in [0.717, 1.165) is 26.6 Å². The Labute approximate surface area is 284 Å². The van der Waals surface area contributed by atoms with Crippen LogP contribution in [0.2, 0.25) is 0 Å². The summed E-state index contributed by atoms with van der Waals surface area (Å²) in [5, 5.41) is 3.06. The molecular weight excluding hydrogens is 627 g/mol. The number of carbonyl (C=O) groups excluding carboxylic acids is 2. The molecule has 2 amide bonds. The Morgan fingerprint density at radius 1 is 0.833 bits per heavy atom. The van der Waals surface area contributed by atoms with Gasteiger partial charge in [0, 0.05) is 25.1 Å². The zero-order valence-electron chi connectivity index (χ0n) is 28.5. The van der Waals surface area contributed by atoms with Gasteiger partial charge in [-0.05, 0) is 68.1 Å². The number of benzene rings is 4. The van der Waals surface area contributed by atoms with Crippen LogP contribution in [0.15, 0.2) is 102 Å². The van der Waals surface area contributed by atoms with Crippen molar-refractivity contribution < 1.29 is 27.5 Å². The summed E-state index contributed by atoms with van der Waals surface area (Å²) in [4.78, 5) is 30.3. The summed E-state index contributed by atoms with van der Waals surface area (Å²) in [6.07, 6.45) is 0.944. The third-order valence-electron chi connectivity index (χ3n) is 8.42. The van der Waals surface area contributed by atoms with Gasteiger partial charge in [0.1, 0.15) is 12.6 Å². The smallest absolute Gasteiger partial charge is 0.264 e. The number of rotatable bonds is 15. The van der Waals surface area contributed by atoms with Crippen LogP contribution in [0.4, 0.5) is 5.69 Å². The summed E-state index contributed by atoms with van der Waals surface area (Å²) < 4.78 is 40.7. The first-order chi connectivity index (χ1) is 23.0. The molecule has 1 N–H and O–H groups in total. The lowest BCUT2D eigenvalue weighted by Gasteiger charge is -2.34. The first-order valence-electron chi connectivity index (χ1n) is 16.0. The largest absolute Gasteiger partial charge is 0.493 e. The summed E-state index contributed by atoms with van der Waals surface area (Å²) in [6, 6.07) is 27.3. The number of amides is 2. The van der Waals surface area contributed by atoms with Gasteiger partial charge in [0.15, 0.2) is 11.5 Å². The number of methoxy groups -OCH3 is 2. The standard InChI is InChI=1S/C38H45N3O6S/c1-7-29(4)39-38(43)34(23-30-14-9-8-10-15-30)40(25-31-16-12-11-13-28(31)3)37(42)26-41(32-19-22-35(46-5)36(24-32)47-6)48(44,45)33-20-17-27(2)18-21-33/h8-22,24,29,34H,7,23,25-26H2,1-6H3,(H,39,43)/t29-,34-/m0/s1. The number of nitrogens with one attached hydrogen (secondary N) is 1. The van der Waals surface area contributed by atoms with Gasteiger partial charge in [0.05, 0.1) is 24.8 Å². The van der Waals surface area contributed by atoms with Crippen molar-refractivity contribution in [2.75, 3.05) is 25.1 Å². The molecule has 0 aliphatic rings. The molecule has 0 radical (unpaired) electrons. The van der Waals surface area contributed by atoms with Gasteiger partial charge in [-0.3, -0.25) is 13.9 Å². The minimum absolute atomic E-state index is 0.0245. The highest BCUT2D eigenvalue weighted by molar-refractivity contribution is 7.92. The number of hydrogen-bond acceptors (Lipinski definition) is 6. The topological polar surface area (TPSA) is 105 Å². The second-order valence-electron chi connectivity index (χ2n) is 11.8. The maximum Gasteiger partial charge on any atom is 0.264 e. The molecule has 0 spiro atoms. The van der Waals surface area contributed by atoms with E-state index < -0.39 is 28.5 Å².